The molecule has 5 rings (SSSR count). The van der Waals surface area contributed by atoms with Gasteiger partial charge in [0.2, 0.25) is 5.91 Å². The lowest BCUT2D eigenvalue weighted by molar-refractivity contribution is -0.137. The Kier molecular flexibility index (Phi) is 8.07. The van der Waals surface area contributed by atoms with Crippen LogP contribution in [-0.4, -0.2) is 34.3 Å². The Morgan fingerprint density at radius 1 is 1.07 bits per heavy atom. The zero-order valence-corrected chi connectivity index (χ0v) is 24.3. The minimum Gasteiger partial charge on any atom is -0.375 e. The van der Waals surface area contributed by atoms with E-state index in [9.17, 15) is 18.0 Å². The minimum absolute atomic E-state index is 0.0627. The molecule has 42 heavy (non-hydrogen) atoms. The molecule has 218 valence electrons. The van der Waals surface area contributed by atoms with Crippen molar-refractivity contribution >= 4 is 34.6 Å². The second-order valence-corrected chi connectivity index (χ2v) is 10.5. The maximum Gasteiger partial charge on any atom is 0.418 e. The zero-order valence-electron chi connectivity index (χ0n) is 23.5. The van der Waals surface area contributed by atoms with E-state index in [0.29, 0.717) is 22.2 Å². The van der Waals surface area contributed by atoms with Crippen molar-refractivity contribution in [3.8, 4) is 5.69 Å². The number of rotatable bonds is 7. The average Bonchev–Trinajstić information content (AvgIpc) is 3.44. The Balaban J connectivity index is 1.64. The number of aromatic nitrogens is 2. The molecule has 1 fully saturated rings. The maximum absolute atomic E-state index is 14.0. The molecule has 2 N–H and O–H groups in total. The normalized spacial score (nSPS) is 16.9. The molecule has 0 saturated carbocycles. The van der Waals surface area contributed by atoms with Crippen LogP contribution in [0.5, 0.6) is 0 Å². The number of pyridine rings is 1. The van der Waals surface area contributed by atoms with Crippen LogP contribution >= 0.6 is 12.2 Å². The molecule has 0 bridgehead atoms. The standard InChI is InChI=1S/C31H30F3N5O2S/c1-18-15-21(12-13-24(18)36-27(40)17-41-4)39-29(28(37-30(39)42)25-10-7-8-14-35-25)22-16-19(2)38(20(22)3)26-11-6-5-9-23(26)31(32,33)34/h5-16,28-29H,17H2,1-4H3,(H,36,40)(H,37,42)/t28-,29+/m1/s1. The van der Waals surface area contributed by atoms with Gasteiger partial charge < -0.3 is 24.8 Å². The first-order valence-corrected chi connectivity index (χ1v) is 13.7. The first kappa shape index (κ1) is 29.3. The molecule has 4 aromatic rings. The van der Waals surface area contributed by atoms with Crippen molar-refractivity contribution in [3.05, 3.63) is 107 Å². The molecule has 2 aromatic carbocycles. The lowest BCUT2D eigenvalue weighted by Crippen LogP contribution is -2.29. The molecule has 3 heterocycles. The number of nitrogens with one attached hydrogen (secondary N) is 2. The van der Waals surface area contributed by atoms with E-state index in [1.165, 1.54) is 19.2 Å². The summed E-state index contributed by atoms with van der Waals surface area (Å²) in [6.45, 7) is 5.43. The Morgan fingerprint density at radius 3 is 2.48 bits per heavy atom. The predicted molar refractivity (Wildman–Crippen MR) is 160 cm³/mol. The van der Waals surface area contributed by atoms with Crippen molar-refractivity contribution in [2.75, 3.05) is 23.9 Å². The molecule has 0 unspecified atom stereocenters. The molecule has 11 heteroatoms. The molecule has 1 aliphatic rings. The average molecular weight is 594 g/mol. The number of nitrogens with zero attached hydrogens (tertiary/aromatic N) is 3. The fraction of sp³-hybridized carbons (Fsp3) is 0.258. The number of ether oxygens (including phenoxy) is 1. The second kappa shape index (κ2) is 11.6. The van der Waals surface area contributed by atoms with Crippen molar-refractivity contribution in [2.24, 2.45) is 0 Å². The van der Waals surface area contributed by atoms with E-state index in [1.54, 1.807) is 29.8 Å². The van der Waals surface area contributed by atoms with Gasteiger partial charge in [-0.2, -0.15) is 13.2 Å². The Labute approximate surface area is 247 Å². The number of hydrogen-bond donors (Lipinski definition) is 2. The molecule has 2 aromatic heterocycles. The zero-order chi connectivity index (χ0) is 30.2. The molecular formula is C31H30F3N5O2S. The number of halogens is 3. The summed E-state index contributed by atoms with van der Waals surface area (Å²) in [5.41, 5.74) is 4.43. The number of carbonyl (C=O) groups excluding carboxylic acids is 1. The van der Waals surface area contributed by atoms with Crippen molar-refractivity contribution in [1.29, 1.82) is 0 Å². The number of anilines is 2. The summed E-state index contributed by atoms with van der Waals surface area (Å²) in [6, 6.07) is 17.9. The summed E-state index contributed by atoms with van der Waals surface area (Å²) in [4.78, 5) is 18.7. The van der Waals surface area contributed by atoms with Gasteiger partial charge in [-0.15, -0.1) is 0 Å². The highest BCUT2D eigenvalue weighted by Gasteiger charge is 2.43. The summed E-state index contributed by atoms with van der Waals surface area (Å²) in [5.74, 6) is -0.272. The van der Waals surface area contributed by atoms with E-state index in [2.05, 4.69) is 15.6 Å². The summed E-state index contributed by atoms with van der Waals surface area (Å²) in [6.07, 6.45) is -2.82. The molecule has 0 radical (unpaired) electrons. The van der Waals surface area contributed by atoms with Crippen LogP contribution in [0.2, 0.25) is 0 Å². The number of methoxy groups -OCH3 is 1. The number of thiocarbonyl (C=S) groups is 1. The van der Waals surface area contributed by atoms with Crippen molar-refractivity contribution in [2.45, 2.75) is 39.0 Å². The number of hydrogen-bond acceptors (Lipinski definition) is 4. The van der Waals surface area contributed by atoms with Crippen LogP contribution in [0.4, 0.5) is 24.5 Å². The van der Waals surface area contributed by atoms with E-state index >= 15 is 0 Å². The molecular weight excluding hydrogens is 563 g/mol. The van der Waals surface area contributed by atoms with Gasteiger partial charge in [0, 0.05) is 36.1 Å². The number of alkyl halides is 3. The summed E-state index contributed by atoms with van der Waals surface area (Å²) < 4.78 is 48.6. The molecule has 1 saturated heterocycles. The van der Waals surface area contributed by atoms with Crippen LogP contribution in [0, 0.1) is 20.8 Å². The van der Waals surface area contributed by atoms with Gasteiger partial charge in [-0.05, 0) is 92.6 Å². The quantitative estimate of drug-likeness (QED) is 0.236. The third kappa shape index (κ3) is 5.49. The van der Waals surface area contributed by atoms with Crippen LogP contribution in [0.15, 0.2) is 72.9 Å². The summed E-state index contributed by atoms with van der Waals surface area (Å²) >= 11 is 5.85. The van der Waals surface area contributed by atoms with E-state index in [1.807, 2.05) is 55.1 Å². The van der Waals surface area contributed by atoms with Crippen LogP contribution in [0.1, 0.15) is 45.9 Å². The van der Waals surface area contributed by atoms with Gasteiger partial charge in [-0.25, -0.2) is 0 Å². The van der Waals surface area contributed by atoms with Gasteiger partial charge in [0.25, 0.3) is 0 Å². The van der Waals surface area contributed by atoms with E-state index in [4.69, 9.17) is 17.0 Å². The Morgan fingerprint density at radius 2 is 1.81 bits per heavy atom. The monoisotopic (exact) mass is 593 g/mol. The fourth-order valence-corrected chi connectivity index (χ4v) is 5.92. The first-order chi connectivity index (χ1) is 20.0. The number of para-hydroxylation sites is 1. The number of benzene rings is 2. The molecule has 2 atom stereocenters. The topological polar surface area (TPSA) is 71.4 Å². The van der Waals surface area contributed by atoms with Crippen molar-refractivity contribution in [1.82, 2.24) is 14.9 Å². The van der Waals surface area contributed by atoms with E-state index in [-0.39, 0.29) is 24.2 Å². The third-order valence-corrected chi connectivity index (χ3v) is 7.69. The van der Waals surface area contributed by atoms with Gasteiger partial charge in [0.1, 0.15) is 6.61 Å². The van der Waals surface area contributed by atoms with E-state index in [0.717, 1.165) is 28.6 Å². The molecule has 1 aliphatic heterocycles. The number of carbonyl (C=O) groups is 1. The van der Waals surface area contributed by atoms with Gasteiger partial charge >= 0.3 is 6.18 Å². The van der Waals surface area contributed by atoms with Crippen LogP contribution in [-0.2, 0) is 15.7 Å². The highest BCUT2D eigenvalue weighted by atomic mass is 32.1. The lowest BCUT2D eigenvalue weighted by atomic mass is 9.96. The van der Waals surface area contributed by atoms with Crippen LogP contribution in [0.25, 0.3) is 5.69 Å². The van der Waals surface area contributed by atoms with Crippen molar-refractivity contribution in [3.63, 3.8) is 0 Å². The van der Waals surface area contributed by atoms with Crippen LogP contribution < -0.4 is 15.5 Å². The SMILES string of the molecule is COCC(=O)Nc1ccc(N2C(=S)N[C@H](c3ccccn3)[C@@H]2c2cc(C)n(-c3ccccc3C(F)(F)F)c2C)cc1C. The summed E-state index contributed by atoms with van der Waals surface area (Å²) in [5, 5.41) is 6.69. The van der Waals surface area contributed by atoms with Gasteiger partial charge in [0.15, 0.2) is 5.11 Å². The Bertz CT molecular complexity index is 1640. The molecule has 1 amide bonds. The first-order valence-electron chi connectivity index (χ1n) is 13.3. The smallest absolute Gasteiger partial charge is 0.375 e. The molecule has 0 aliphatic carbocycles. The van der Waals surface area contributed by atoms with Gasteiger partial charge in [0.05, 0.1) is 29.0 Å². The number of aryl methyl sites for hydroxylation is 2. The number of amides is 1. The fourth-order valence-electron chi connectivity index (χ4n) is 5.57. The molecule has 7 nitrogen and oxygen atoms in total. The van der Waals surface area contributed by atoms with Crippen molar-refractivity contribution < 1.29 is 22.7 Å². The largest absolute Gasteiger partial charge is 0.418 e. The van der Waals surface area contributed by atoms with Gasteiger partial charge in [-0.3, -0.25) is 9.78 Å². The second-order valence-electron chi connectivity index (χ2n) is 10.2. The highest BCUT2D eigenvalue weighted by molar-refractivity contribution is 7.80. The predicted octanol–water partition coefficient (Wildman–Crippen LogP) is 6.58. The minimum atomic E-state index is -4.52. The molecule has 0 spiro atoms. The Hall–Kier alpha value is -4.22. The van der Waals surface area contributed by atoms with Crippen LogP contribution in [0.3, 0.4) is 0 Å². The van der Waals surface area contributed by atoms with Gasteiger partial charge in [-0.1, -0.05) is 18.2 Å². The highest BCUT2D eigenvalue weighted by Crippen LogP contribution is 2.45. The maximum atomic E-state index is 14.0. The van der Waals surface area contributed by atoms with E-state index < -0.39 is 17.8 Å². The summed E-state index contributed by atoms with van der Waals surface area (Å²) in [7, 11) is 1.45. The third-order valence-electron chi connectivity index (χ3n) is 7.38. The lowest BCUT2D eigenvalue weighted by Gasteiger charge is -2.29.